The van der Waals surface area contributed by atoms with Gasteiger partial charge in [-0.05, 0) is 36.4 Å². The van der Waals surface area contributed by atoms with E-state index in [1.54, 1.807) is 12.1 Å². The van der Waals surface area contributed by atoms with E-state index in [4.69, 9.17) is 16.1 Å². The summed E-state index contributed by atoms with van der Waals surface area (Å²) in [7, 11) is 0. The van der Waals surface area contributed by atoms with Gasteiger partial charge in [-0.3, -0.25) is 4.79 Å². The molecule has 1 aromatic heterocycles. The van der Waals surface area contributed by atoms with Crippen LogP contribution in [0.1, 0.15) is 18.2 Å². The van der Waals surface area contributed by atoms with Crippen LogP contribution in [0.25, 0.3) is 11.5 Å². The first kappa shape index (κ1) is 16.7. The molecule has 1 aliphatic rings. The first-order valence-corrected chi connectivity index (χ1v) is 8.24. The van der Waals surface area contributed by atoms with Crippen molar-refractivity contribution >= 4 is 23.2 Å². The van der Waals surface area contributed by atoms with Crippen LogP contribution < -0.4 is 4.90 Å². The Bertz CT molecular complexity index is 992. The molecule has 0 N–H and O–H groups in total. The molecule has 8 heteroatoms. The molecule has 0 saturated carbocycles. The molecule has 0 radical (unpaired) electrons. The third-order valence-electron chi connectivity index (χ3n) is 4.22. The Hall–Kier alpha value is -2.80. The van der Waals surface area contributed by atoms with Crippen molar-refractivity contribution < 1.29 is 18.1 Å². The van der Waals surface area contributed by atoms with Gasteiger partial charge in [-0.15, -0.1) is 0 Å². The van der Waals surface area contributed by atoms with E-state index in [1.807, 2.05) is 0 Å². The normalized spacial score (nSPS) is 17.1. The molecule has 4 rings (SSSR count). The predicted octanol–water partition coefficient (Wildman–Crippen LogP) is 4.19. The molecule has 1 fully saturated rings. The summed E-state index contributed by atoms with van der Waals surface area (Å²) in [6, 6.07) is 9.95. The lowest BCUT2D eigenvalue weighted by Gasteiger charge is -2.16. The van der Waals surface area contributed by atoms with Gasteiger partial charge in [0.1, 0.15) is 11.6 Å². The molecule has 2 aromatic carbocycles. The van der Waals surface area contributed by atoms with Gasteiger partial charge >= 0.3 is 0 Å². The fraction of sp³-hybridized carbons (Fsp3) is 0.167. The number of benzene rings is 2. The number of carbonyl (C=O) groups is 1. The fourth-order valence-electron chi connectivity index (χ4n) is 2.92. The summed E-state index contributed by atoms with van der Waals surface area (Å²) in [6.45, 7) is 0.322. The molecule has 5 nitrogen and oxygen atoms in total. The average Bonchev–Trinajstić information content (AvgIpc) is 3.24. The highest BCUT2D eigenvalue weighted by Crippen LogP contribution is 2.33. The van der Waals surface area contributed by atoms with Crippen LogP contribution >= 0.6 is 11.6 Å². The lowest BCUT2D eigenvalue weighted by atomic mass is 10.1. The number of halogens is 3. The van der Waals surface area contributed by atoms with Crippen molar-refractivity contribution in [3.05, 3.63) is 64.9 Å². The molecule has 2 heterocycles. The number of nitrogens with zero attached hydrogens (tertiary/aromatic N) is 3. The summed E-state index contributed by atoms with van der Waals surface area (Å²) < 4.78 is 31.9. The van der Waals surface area contributed by atoms with Crippen LogP contribution in [0.3, 0.4) is 0 Å². The Morgan fingerprint density at radius 2 is 2.04 bits per heavy atom. The number of amides is 1. The average molecular weight is 376 g/mol. The molecule has 0 bridgehead atoms. The third-order valence-corrected chi connectivity index (χ3v) is 4.51. The minimum Gasteiger partial charge on any atom is -0.334 e. The Balaban J connectivity index is 1.56. The van der Waals surface area contributed by atoms with E-state index in [0.29, 0.717) is 23.6 Å². The second-order valence-electron chi connectivity index (χ2n) is 5.97. The van der Waals surface area contributed by atoms with Gasteiger partial charge < -0.3 is 9.42 Å². The molecule has 132 valence electrons. The van der Waals surface area contributed by atoms with Gasteiger partial charge in [-0.2, -0.15) is 4.98 Å². The minimum atomic E-state index is -0.545. The zero-order valence-corrected chi connectivity index (χ0v) is 14.1. The maximum absolute atomic E-state index is 13.3. The first-order valence-electron chi connectivity index (χ1n) is 7.86. The number of hydrogen-bond acceptors (Lipinski definition) is 4. The van der Waals surface area contributed by atoms with Crippen molar-refractivity contribution in [2.75, 3.05) is 11.4 Å². The van der Waals surface area contributed by atoms with Crippen LogP contribution in [0.5, 0.6) is 0 Å². The van der Waals surface area contributed by atoms with Crippen molar-refractivity contribution in [2.24, 2.45) is 0 Å². The summed E-state index contributed by atoms with van der Waals surface area (Å²) in [4.78, 5) is 18.1. The molecule has 1 aliphatic heterocycles. The summed E-state index contributed by atoms with van der Waals surface area (Å²) in [5.41, 5.74) is 0.980. The SMILES string of the molecule is O=C1CC(c2noc(-c3cccc(F)c3)n2)CN1c1ccc(F)c(Cl)c1. The minimum absolute atomic E-state index is 0.0494. The van der Waals surface area contributed by atoms with Gasteiger partial charge in [-0.25, -0.2) is 8.78 Å². The van der Waals surface area contributed by atoms with Crippen molar-refractivity contribution in [1.29, 1.82) is 0 Å². The number of carbonyl (C=O) groups excluding carboxylic acids is 1. The molecule has 26 heavy (non-hydrogen) atoms. The van der Waals surface area contributed by atoms with Crippen LogP contribution in [0.2, 0.25) is 5.02 Å². The smallest absolute Gasteiger partial charge is 0.258 e. The van der Waals surface area contributed by atoms with Crippen LogP contribution in [0.4, 0.5) is 14.5 Å². The Kier molecular flexibility index (Phi) is 4.16. The topological polar surface area (TPSA) is 59.2 Å². The molecule has 1 saturated heterocycles. The quantitative estimate of drug-likeness (QED) is 0.688. The van der Waals surface area contributed by atoms with Crippen LogP contribution in [-0.4, -0.2) is 22.6 Å². The van der Waals surface area contributed by atoms with E-state index in [0.717, 1.165) is 0 Å². The zero-order chi connectivity index (χ0) is 18.3. The number of hydrogen-bond donors (Lipinski definition) is 0. The highest BCUT2D eigenvalue weighted by molar-refractivity contribution is 6.31. The van der Waals surface area contributed by atoms with E-state index < -0.39 is 11.6 Å². The molecule has 1 unspecified atom stereocenters. The van der Waals surface area contributed by atoms with Crippen LogP contribution in [0, 0.1) is 11.6 Å². The highest BCUT2D eigenvalue weighted by atomic mass is 35.5. The first-order chi connectivity index (χ1) is 12.5. The summed E-state index contributed by atoms with van der Waals surface area (Å²) in [6.07, 6.45) is 0.192. The van der Waals surface area contributed by atoms with Crippen molar-refractivity contribution in [2.45, 2.75) is 12.3 Å². The molecule has 0 aliphatic carbocycles. The number of rotatable bonds is 3. The van der Waals surface area contributed by atoms with Crippen molar-refractivity contribution in [3.63, 3.8) is 0 Å². The molecule has 1 amide bonds. The predicted molar refractivity (Wildman–Crippen MR) is 90.8 cm³/mol. The fourth-order valence-corrected chi connectivity index (χ4v) is 3.10. The van der Waals surface area contributed by atoms with Crippen LogP contribution in [-0.2, 0) is 4.79 Å². The maximum Gasteiger partial charge on any atom is 0.258 e. The van der Waals surface area contributed by atoms with Gasteiger partial charge in [0.15, 0.2) is 5.82 Å². The van der Waals surface area contributed by atoms with Gasteiger partial charge in [0.25, 0.3) is 5.89 Å². The lowest BCUT2D eigenvalue weighted by Crippen LogP contribution is -2.24. The number of anilines is 1. The molecule has 1 atom stereocenters. The Morgan fingerprint density at radius 1 is 1.19 bits per heavy atom. The largest absolute Gasteiger partial charge is 0.334 e. The molecule has 3 aromatic rings. The van der Waals surface area contributed by atoms with Gasteiger partial charge in [0, 0.05) is 30.1 Å². The molecular weight excluding hydrogens is 364 g/mol. The maximum atomic E-state index is 13.3. The molecule has 0 spiro atoms. The second-order valence-corrected chi connectivity index (χ2v) is 6.38. The van der Waals surface area contributed by atoms with E-state index in [9.17, 15) is 13.6 Å². The van der Waals surface area contributed by atoms with Crippen molar-refractivity contribution in [3.8, 4) is 11.5 Å². The summed E-state index contributed by atoms with van der Waals surface area (Å²) in [5, 5.41) is 3.88. The van der Waals surface area contributed by atoms with E-state index in [1.165, 1.54) is 35.2 Å². The Labute approximate surface area is 152 Å². The van der Waals surface area contributed by atoms with E-state index >= 15 is 0 Å². The van der Waals surface area contributed by atoms with E-state index in [2.05, 4.69) is 10.1 Å². The lowest BCUT2D eigenvalue weighted by molar-refractivity contribution is -0.117. The Morgan fingerprint density at radius 3 is 2.81 bits per heavy atom. The van der Waals surface area contributed by atoms with E-state index in [-0.39, 0.29) is 29.2 Å². The van der Waals surface area contributed by atoms with Crippen molar-refractivity contribution in [1.82, 2.24) is 10.1 Å². The molecular formula is C18H12ClF2N3O2. The summed E-state index contributed by atoms with van der Waals surface area (Å²) in [5.74, 6) is -0.815. The van der Waals surface area contributed by atoms with Gasteiger partial charge in [-0.1, -0.05) is 22.8 Å². The van der Waals surface area contributed by atoms with Gasteiger partial charge in [0.2, 0.25) is 5.91 Å². The monoisotopic (exact) mass is 375 g/mol. The van der Waals surface area contributed by atoms with Crippen LogP contribution in [0.15, 0.2) is 47.0 Å². The zero-order valence-electron chi connectivity index (χ0n) is 13.3. The third kappa shape index (κ3) is 3.06. The number of aromatic nitrogens is 2. The highest BCUT2D eigenvalue weighted by Gasteiger charge is 2.34. The second kappa shape index (κ2) is 6.49. The summed E-state index contributed by atoms with van der Waals surface area (Å²) >= 11 is 5.79. The standard InChI is InChI=1S/C18H12ClF2N3O2/c19-14-8-13(4-5-15(14)21)24-9-11(7-16(24)25)17-22-18(26-23-17)10-2-1-3-12(20)6-10/h1-6,8,11H,7,9H2. The van der Waals surface area contributed by atoms with Gasteiger partial charge in [0.05, 0.1) is 5.02 Å².